The van der Waals surface area contributed by atoms with Crippen molar-refractivity contribution < 1.29 is 96.1 Å². The molecule has 0 radical (unpaired) electrons. The number of hydrogen-bond acceptors (Lipinski definition) is 19. The predicted molar refractivity (Wildman–Crippen MR) is 359 cm³/mol. The Morgan fingerprint density at radius 3 is 1.04 bits per heavy atom. The average molecular weight is 1380 g/mol. The molecular formula is C66H122N10O20. The van der Waals surface area contributed by atoms with E-state index < -0.39 is 104 Å². The second-order valence-electron chi connectivity index (χ2n) is 23.6. The lowest BCUT2D eigenvalue weighted by Gasteiger charge is -2.22. The van der Waals surface area contributed by atoms with Crippen LogP contribution in [0, 0.1) is 0 Å². The number of hydrogen-bond donors (Lipinski definition) is 12. The van der Waals surface area contributed by atoms with Crippen molar-refractivity contribution in [2.45, 2.75) is 231 Å². The number of carbonyl (C=O) groups is 11. The summed E-state index contributed by atoms with van der Waals surface area (Å²) in [4.78, 5) is 138. The zero-order valence-corrected chi connectivity index (χ0v) is 57.9. The van der Waals surface area contributed by atoms with Gasteiger partial charge in [-0.25, -0.2) is 0 Å². The SMILES string of the molecule is CCCCCCCCCCCCCCNC(=O)CCC(NC(=O)C(CC(=O)O)NC(=O)COCCOCCNC(=O)COCCOCCNC(=O)C(CC(=O)O)NC(=O)C(CCC(=O)NCCCCCCCCCCCCCC)NC(=O)COCCOCCOCCN)C(N)=O. The predicted octanol–water partition coefficient (Wildman–Crippen LogP) is 2.86. The number of carboxylic acid groups (broad SMARTS) is 2. The molecule has 30 heteroatoms. The van der Waals surface area contributed by atoms with Crippen molar-refractivity contribution in [2.24, 2.45) is 11.5 Å². The van der Waals surface area contributed by atoms with Crippen LogP contribution in [0.1, 0.15) is 206 Å². The first-order valence-electron chi connectivity index (χ1n) is 35.2. The van der Waals surface area contributed by atoms with E-state index in [0.717, 1.165) is 51.4 Å². The van der Waals surface area contributed by atoms with Gasteiger partial charge >= 0.3 is 11.9 Å². The van der Waals surface area contributed by atoms with E-state index in [1.165, 1.54) is 103 Å². The van der Waals surface area contributed by atoms with Crippen LogP contribution in [-0.4, -0.2) is 225 Å². The zero-order chi connectivity index (χ0) is 70.9. The van der Waals surface area contributed by atoms with Crippen molar-refractivity contribution >= 4 is 65.1 Å². The van der Waals surface area contributed by atoms with Crippen LogP contribution in [0.2, 0.25) is 0 Å². The Morgan fingerprint density at radius 1 is 0.323 bits per heavy atom. The van der Waals surface area contributed by atoms with Gasteiger partial charge < -0.3 is 97.4 Å². The van der Waals surface area contributed by atoms with Crippen molar-refractivity contribution in [3.8, 4) is 0 Å². The van der Waals surface area contributed by atoms with Gasteiger partial charge in [0.15, 0.2) is 0 Å². The maximum absolute atomic E-state index is 13.6. The first-order valence-corrected chi connectivity index (χ1v) is 35.2. The normalized spacial score (nSPS) is 12.4. The summed E-state index contributed by atoms with van der Waals surface area (Å²) >= 11 is 0. The molecule has 0 heterocycles. The highest BCUT2D eigenvalue weighted by molar-refractivity contribution is 5.95. The van der Waals surface area contributed by atoms with Crippen molar-refractivity contribution in [3.05, 3.63) is 0 Å². The third kappa shape index (κ3) is 58.0. The number of nitrogens with one attached hydrogen (secondary N) is 8. The Balaban J connectivity index is 4.68. The Morgan fingerprint density at radius 2 is 0.635 bits per heavy atom. The molecule has 0 fully saturated rings. The molecule has 0 bridgehead atoms. The minimum absolute atomic E-state index is 0.00190. The molecule has 14 N–H and O–H groups in total. The molecule has 4 atom stereocenters. The van der Waals surface area contributed by atoms with Gasteiger partial charge in [-0.05, 0) is 25.7 Å². The summed E-state index contributed by atoms with van der Waals surface area (Å²) in [7, 11) is 0. The highest BCUT2D eigenvalue weighted by Gasteiger charge is 2.30. The highest BCUT2D eigenvalue weighted by Crippen LogP contribution is 2.14. The smallest absolute Gasteiger partial charge is 0.305 e. The van der Waals surface area contributed by atoms with Gasteiger partial charge in [0.1, 0.15) is 44.0 Å². The van der Waals surface area contributed by atoms with E-state index in [0.29, 0.717) is 39.5 Å². The number of primary amides is 1. The van der Waals surface area contributed by atoms with E-state index in [-0.39, 0.29) is 110 Å². The maximum atomic E-state index is 13.6. The van der Waals surface area contributed by atoms with Crippen LogP contribution in [-0.2, 0) is 85.9 Å². The number of rotatable bonds is 70. The second-order valence-corrected chi connectivity index (χ2v) is 23.6. The molecule has 0 saturated heterocycles. The van der Waals surface area contributed by atoms with Gasteiger partial charge in [-0.2, -0.15) is 0 Å². The van der Waals surface area contributed by atoms with Crippen molar-refractivity contribution in [3.63, 3.8) is 0 Å². The van der Waals surface area contributed by atoms with Gasteiger partial charge in [-0.3, -0.25) is 52.7 Å². The number of amides is 9. The molecule has 0 aliphatic rings. The Kier molecular flexibility index (Phi) is 60.7. The molecule has 0 aromatic rings. The van der Waals surface area contributed by atoms with Crippen LogP contribution in [0.4, 0.5) is 0 Å². The maximum Gasteiger partial charge on any atom is 0.305 e. The standard InChI is InChI=1S/C66H122N10O20/c1-3-5-7-9-11-13-15-17-19-21-23-25-32-69-56(77)29-27-52(63(68)86)75-66(89)55(48-62(84)85)74-60(81)51-95-45-42-91-37-34-71-58(79)49-94-44-41-92-38-35-72-64(87)54(47-61(82)83)76-65(88)53(73-59(80)50-96-46-43-93-40-39-90-36-31-67)28-30-57(78)70-33-26-24-22-20-18-16-14-12-10-8-6-4-2/h52-55H,3-51,67H2,1-2H3,(H2,68,86)(H,69,77)(H,70,78)(H,71,79)(H,72,87)(H,73,80)(H,74,81)(H,75,89)(H,76,88)(H,82,83)(H,84,85). The van der Waals surface area contributed by atoms with E-state index in [9.17, 15) is 63.0 Å². The lowest BCUT2D eigenvalue weighted by Crippen LogP contribution is -2.55. The van der Waals surface area contributed by atoms with E-state index >= 15 is 0 Å². The van der Waals surface area contributed by atoms with Crippen molar-refractivity contribution in [1.82, 2.24) is 42.5 Å². The molecule has 0 aliphatic carbocycles. The number of carboxylic acids is 2. The minimum atomic E-state index is -1.58. The average Bonchev–Trinajstić information content (AvgIpc) is 1.42. The quantitative estimate of drug-likeness (QED) is 0.0390. The molecule has 0 spiro atoms. The molecule has 0 aromatic carbocycles. The molecule has 556 valence electrons. The van der Waals surface area contributed by atoms with E-state index in [4.69, 9.17) is 44.6 Å². The van der Waals surface area contributed by atoms with Crippen LogP contribution < -0.4 is 54.0 Å². The summed E-state index contributed by atoms with van der Waals surface area (Å²) in [6.07, 6.45) is 26.1. The first-order chi connectivity index (χ1) is 46.4. The molecule has 96 heavy (non-hydrogen) atoms. The first kappa shape index (κ1) is 89.8. The van der Waals surface area contributed by atoms with E-state index in [2.05, 4.69) is 56.4 Å². The van der Waals surface area contributed by atoms with Gasteiger partial charge in [0.05, 0.1) is 85.5 Å². The third-order valence-electron chi connectivity index (χ3n) is 14.9. The summed E-state index contributed by atoms with van der Waals surface area (Å²) in [5, 5.41) is 39.3. The van der Waals surface area contributed by atoms with Crippen molar-refractivity contribution in [1.29, 1.82) is 0 Å². The monoisotopic (exact) mass is 1370 g/mol. The van der Waals surface area contributed by atoms with Crippen LogP contribution in [0.5, 0.6) is 0 Å². The van der Waals surface area contributed by atoms with Crippen molar-refractivity contribution in [2.75, 3.05) is 125 Å². The zero-order valence-electron chi connectivity index (χ0n) is 57.9. The Bertz CT molecular complexity index is 2100. The molecule has 0 aliphatic heterocycles. The third-order valence-corrected chi connectivity index (χ3v) is 14.9. The number of nitrogens with two attached hydrogens (primary N) is 2. The Labute approximate surface area is 569 Å². The van der Waals surface area contributed by atoms with Crippen LogP contribution >= 0.6 is 0 Å². The van der Waals surface area contributed by atoms with E-state index in [1.54, 1.807) is 0 Å². The summed E-state index contributed by atoms with van der Waals surface area (Å²) in [5.41, 5.74) is 10.9. The summed E-state index contributed by atoms with van der Waals surface area (Å²) in [5.74, 6) is -9.11. The molecule has 0 rings (SSSR count). The second kappa shape index (κ2) is 64.8. The molecule has 9 amide bonds. The Hall–Kier alpha value is -6.15. The fraction of sp³-hybridized carbons (Fsp3) is 0.833. The fourth-order valence-electron chi connectivity index (χ4n) is 9.59. The van der Waals surface area contributed by atoms with Gasteiger partial charge in [0.2, 0.25) is 53.2 Å². The number of carbonyl (C=O) groups excluding carboxylic acids is 9. The van der Waals surface area contributed by atoms with Crippen LogP contribution in [0.15, 0.2) is 0 Å². The molecule has 30 nitrogen and oxygen atoms in total. The summed E-state index contributed by atoms with van der Waals surface area (Å²) in [6.45, 7) is 5.55. The molecule has 0 saturated carbocycles. The summed E-state index contributed by atoms with van der Waals surface area (Å²) < 4.78 is 37.4. The summed E-state index contributed by atoms with van der Waals surface area (Å²) in [6, 6.07) is -5.77. The van der Waals surface area contributed by atoms with Gasteiger partial charge in [0.25, 0.3) is 0 Å². The molecular weight excluding hydrogens is 1250 g/mol. The fourth-order valence-corrected chi connectivity index (χ4v) is 9.59. The number of ether oxygens (including phenoxy) is 7. The molecule has 0 aromatic heterocycles. The van der Waals surface area contributed by atoms with Gasteiger partial charge in [-0.15, -0.1) is 0 Å². The molecule has 4 unspecified atom stereocenters. The number of unbranched alkanes of at least 4 members (excludes halogenated alkanes) is 22. The highest BCUT2D eigenvalue weighted by atomic mass is 16.5. The van der Waals surface area contributed by atoms with E-state index in [1.807, 2.05) is 0 Å². The van der Waals surface area contributed by atoms with Crippen LogP contribution in [0.25, 0.3) is 0 Å². The lowest BCUT2D eigenvalue weighted by atomic mass is 10.1. The lowest BCUT2D eigenvalue weighted by molar-refractivity contribution is -0.142. The van der Waals surface area contributed by atoms with Gasteiger partial charge in [-0.1, -0.05) is 155 Å². The van der Waals surface area contributed by atoms with Crippen LogP contribution in [0.3, 0.4) is 0 Å². The van der Waals surface area contributed by atoms with Gasteiger partial charge in [0, 0.05) is 45.6 Å². The largest absolute Gasteiger partial charge is 0.481 e. The minimum Gasteiger partial charge on any atom is -0.481 e. The number of aliphatic carboxylic acids is 2. The topological polar surface area (TPSA) is 441 Å².